The van der Waals surface area contributed by atoms with Crippen LogP contribution in [-0.2, 0) is 0 Å². The Kier molecular flexibility index (Phi) is 11.3. The van der Waals surface area contributed by atoms with Gasteiger partial charge >= 0.3 is 14.8 Å². The first kappa shape index (κ1) is 40.4. The summed E-state index contributed by atoms with van der Waals surface area (Å²) in [5.74, 6) is 1.38. The quantitative estimate of drug-likeness (QED) is 0.0695. The van der Waals surface area contributed by atoms with Crippen LogP contribution in [0.25, 0.3) is 69.8 Å². The number of benzene rings is 4. The third kappa shape index (κ3) is 7.42. The van der Waals surface area contributed by atoms with Crippen molar-refractivity contribution in [2.75, 3.05) is 13.2 Å². The number of para-hydroxylation sites is 2. The van der Waals surface area contributed by atoms with Crippen molar-refractivity contribution in [2.24, 2.45) is 11.8 Å². The summed E-state index contributed by atoms with van der Waals surface area (Å²) in [5.41, 5.74) is 0.663. The number of hydrogen-bond acceptors (Lipinski definition) is 7. The molecule has 0 aliphatic carbocycles. The second-order valence-corrected chi connectivity index (χ2v) is 16.9. The predicted octanol–water partition coefficient (Wildman–Crippen LogP) is 10.4. The summed E-state index contributed by atoms with van der Waals surface area (Å²) < 4.78 is 79.5. The topological polar surface area (TPSA) is 82.2 Å². The predicted molar refractivity (Wildman–Crippen MR) is 234 cm³/mol. The zero-order valence-corrected chi connectivity index (χ0v) is 34.4. The smallest absolute Gasteiger partial charge is 0.493 e. The van der Waals surface area contributed by atoms with Gasteiger partial charge in [-0.1, -0.05) is 52.0 Å². The molecule has 8 nitrogen and oxygen atoms in total. The molecular formula is C44H34B2F4N6O2S2. The number of hydrogen-bond donors (Lipinski definition) is 0. The van der Waals surface area contributed by atoms with E-state index in [1.165, 1.54) is 0 Å². The highest BCUT2D eigenvalue weighted by Crippen LogP contribution is 2.39. The van der Waals surface area contributed by atoms with Crippen LogP contribution in [0.5, 0.6) is 11.5 Å². The van der Waals surface area contributed by atoms with E-state index in [2.05, 4.69) is 20.9 Å². The highest BCUT2D eigenvalue weighted by molar-refractivity contribution is 7.20. The highest BCUT2D eigenvalue weighted by atomic mass is 32.1. The van der Waals surface area contributed by atoms with Crippen LogP contribution >= 0.6 is 22.7 Å². The molecule has 0 amide bonds. The molecule has 0 N–H and O–H groups in total. The molecule has 0 aliphatic heterocycles. The van der Waals surface area contributed by atoms with E-state index in [-0.39, 0.29) is 77.1 Å². The van der Waals surface area contributed by atoms with Crippen LogP contribution in [0.4, 0.5) is 17.3 Å². The summed E-state index contributed by atoms with van der Waals surface area (Å²) in [5, 5.41) is 10.5. The Hall–Kier alpha value is -6.35. The van der Waals surface area contributed by atoms with Crippen LogP contribution in [0.15, 0.2) is 97.1 Å². The summed E-state index contributed by atoms with van der Waals surface area (Å²) in [6, 6.07) is 29.2. The van der Waals surface area contributed by atoms with Crippen molar-refractivity contribution in [2.45, 2.75) is 27.7 Å². The van der Waals surface area contributed by atoms with Crippen LogP contribution < -0.4 is 20.2 Å². The maximum atomic E-state index is 16.2. The fourth-order valence-corrected chi connectivity index (χ4v) is 9.06. The fourth-order valence-electron chi connectivity index (χ4n) is 7.14. The van der Waals surface area contributed by atoms with Gasteiger partial charge < -0.3 is 18.4 Å². The molecule has 298 valence electrons. The van der Waals surface area contributed by atoms with Gasteiger partial charge in [0.15, 0.2) is 0 Å². The van der Waals surface area contributed by atoms with Crippen LogP contribution in [0.3, 0.4) is 0 Å². The van der Waals surface area contributed by atoms with Gasteiger partial charge in [0.05, 0.1) is 50.9 Å². The van der Waals surface area contributed by atoms with Crippen molar-refractivity contribution in [3.63, 3.8) is 0 Å². The Morgan fingerprint density at radius 3 is 1.55 bits per heavy atom. The average molecular weight is 841 g/mol. The van der Waals surface area contributed by atoms with E-state index in [1.807, 2.05) is 27.7 Å². The monoisotopic (exact) mass is 840 g/mol. The Bertz CT molecular complexity index is 2830. The number of fused-ring (bicyclic) bond motifs is 3. The lowest BCUT2D eigenvalue weighted by Gasteiger charge is -2.14. The molecule has 0 unspecified atom stereocenters. The Morgan fingerprint density at radius 2 is 1.12 bits per heavy atom. The van der Waals surface area contributed by atoms with Gasteiger partial charge in [-0.05, 0) is 95.8 Å². The number of ether oxygens (including phenoxy) is 2. The van der Waals surface area contributed by atoms with Crippen LogP contribution in [0.2, 0.25) is 0 Å². The first-order valence-corrected chi connectivity index (χ1v) is 20.7. The minimum absolute atomic E-state index is 0.0734. The average Bonchev–Trinajstić information content (AvgIpc) is 4.01. The molecule has 8 rings (SSSR count). The zero-order valence-electron chi connectivity index (χ0n) is 32.8. The largest absolute Gasteiger partial charge is 0.678 e. The van der Waals surface area contributed by atoms with Gasteiger partial charge in [-0.15, -0.1) is 22.7 Å². The van der Waals surface area contributed by atoms with E-state index < -0.39 is 14.8 Å². The summed E-state index contributed by atoms with van der Waals surface area (Å²) in [6.45, 7) is 17.3. The van der Waals surface area contributed by atoms with Gasteiger partial charge in [0.2, 0.25) is 5.70 Å². The molecule has 0 spiro atoms. The summed E-state index contributed by atoms with van der Waals surface area (Å²) in [4.78, 5) is 13.2. The minimum atomic E-state index is -3.29. The summed E-state index contributed by atoms with van der Waals surface area (Å²) in [7, 11) is -6.57. The van der Waals surface area contributed by atoms with Crippen molar-refractivity contribution in [1.82, 2.24) is 18.9 Å². The molecule has 4 heterocycles. The molecule has 4 aromatic heterocycles. The summed E-state index contributed by atoms with van der Waals surface area (Å²) >= 11 is 2.26. The van der Waals surface area contributed by atoms with Gasteiger partial charge in [-0.25, -0.2) is 14.8 Å². The maximum absolute atomic E-state index is 16.2. The van der Waals surface area contributed by atoms with E-state index in [0.29, 0.717) is 54.1 Å². The van der Waals surface area contributed by atoms with Crippen LogP contribution in [-0.4, -0.2) is 46.9 Å². The van der Waals surface area contributed by atoms with Crippen molar-refractivity contribution in [3.8, 4) is 40.1 Å². The van der Waals surface area contributed by atoms with Gasteiger partial charge in [0.25, 0.3) is 0 Å². The van der Waals surface area contributed by atoms with E-state index >= 15 is 17.3 Å². The number of aromatic nitrogens is 4. The van der Waals surface area contributed by atoms with Gasteiger partial charge in [-0.2, -0.15) is 5.26 Å². The van der Waals surface area contributed by atoms with Crippen molar-refractivity contribution >= 4 is 80.0 Å². The summed E-state index contributed by atoms with van der Waals surface area (Å²) in [6.07, 6.45) is 0. The molecule has 0 bridgehead atoms. The first-order chi connectivity index (χ1) is 29.0. The second kappa shape index (κ2) is 16.7. The lowest BCUT2D eigenvalue weighted by Crippen LogP contribution is -2.32. The second-order valence-electron chi connectivity index (χ2n) is 14.8. The maximum Gasteiger partial charge on any atom is 0.678 e. The Labute approximate surface area is 351 Å². The molecule has 0 atom stereocenters. The van der Waals surface area contributed by atoms with E-state index in [1.54, 1.807) is 97.1 Å². The van der Waals surface area contributed by atoms with Crippen LogP contribution in [0, 0.1) is 29.7 Å². The fraction of sp³-hybridized carbons (Fsp3) is 0.182. The first-order valence-electron chi connectivity index (χ1n) is 19.1. The molecule has 0 fully saturated rings. The normalized spacial score (nSPS) is 12.6. The minimum Gasteiger partial charge on any atom is -0.493 e. The standard InChI is InChI=1S/C44H34B2F4N6O2S2/c1-25(2)23-57-29-18-14-27(15-19-29)39-36-37(42(56(39)46(49)50)38(52-5)44-54-33-11-7-9-13-35(33)60-44)40(28-16-20-30(21-17-28)58-24-26(3)4)55(45(47)48)41(36)31(22-51)43-53-32-10-6-8-12-34(32)59-43/h6-21,25-26H,23-24H2,1-4H3/b41-31-,42-38+. The van der Waals surface area contributed by atoms with Gasteiger partial charge in [0, 0.05) is 22.2 Å². The molecule has 16 heteroatoms. The molecule has 4 aromatic carbocycles. The highest BCUT2D eigenvalue weighted by Gasteiger charge is 2.37. The van der Waals surface area contributed by atoms with E-state index in [4.69, 9.17) is 16.0 Å². The molecule has 8 aromatic rings. The molecule has 0 saturated carbocycles. The number of halogens is 4. The third-order valence-electron chi connectivity index (χ3n) is 9.66. The number of nitrogens with zero attached hydrogens (tertiary/aromatic N) is 6. The molecule has 60 heavy (non-hydrogen) atoms. The lowest BCUT2D eigenvalue weighted by molar-refractivity contribution is 0.271. The lowest BCUT2D eigenvalue weighted by atomic mass is 10.0. The van der Waals surface area contributed by atoms with Gasteiger partial charge in [-0.3, -0.25) is 17.3 Å². The molecule has 0 aliphatic rings. The van der Waals surface area contributed by atoms with E-state index in [9.17, 15) is 5.26 Å². The molecular weight excluding hydrogens is 806 g/mol. The van der Waals surface area contributed by atoms with Crippen molar-refractivity contribution < 1.29 is 26.7 Å². The third-order valence-corrected chi connectivity index (χ3v) is 11.8. The van der Waals surface area contributed by atoms with E-state index in [0.717, 1.165) is 22.7 Å². The Morgan fingerprint density at radius 1 is 0.683 bits per heavy atom. The molecule has 0 radical (unpaired) electrons. The number of rotatable bonds is 12. The zero-order chi connectivity index (χ0) is 42.2. The number of thiazole rings is 2. The number of nitriles is 1. The van der Waals surface area contributed by atoms with Crippen molar-refractivity contribution in [3.05, 3.63) is 129 Å². The van der Waals surface area contributed by atoms with Crippen LogP contribution in [0.1, 0.15) is 37.7 Å². The Balaban J connectivity index is 1.62. The molecule has 0 saturated heterocycles. The SMILES string of the molecule is [C-]#[N+]/C(c1nc2ccccc2s1)=c1\c2c(-c3ccc(OCC(C)C)cc3)n(B(F)F)/c(=C(/C#N)c3nc4ccccc4s3)c2c(-c2ccc(OCC(C)C)cc2)n1B(F)F. The van der Waals surface area contributed by atoms with Gasteiger partial charge in [0.1, 0.15) is 33.2 Å². The van der Waals surface area contributed by atoms with Crippen molar-refractivity contribution in [1.29, 1.82) is 5.26 Å².